The van der Waals surface area contributed by atoms with Crippen LogP contribution in [0.1, 0.15) is 52.4 Å². The van der Waals surface area contributed by atoms with Crippen LogP contribution in [0.4, 0.5) is 0 Å². The van der Waals surface area contributed by atoms with Gasteiger partial charge in [0.1, 0.15) is 0 Å². The van der Waals surface area contributed by atoms with Crippen LogP contribution in [0.15, 0.2) is 0 Å². The van der Waals surface area contributed by atoms with Gasteiger partial charge >= 0.3 is 0 Å². The van der Waals surface area contributed by atoms with Crippen LogP contribution in [0.5, 0.6) is 0 Å². The summed E-state index contributed by atoms with van der Waals surface area (Å²) in [5.41, 5.74) is 0. The van der Waals surface area contributed by atoms with Crippen LogP contribution >= 0.6 is 0 Å². The van der Waals surface area contributed by atoms with Gasteiger partial charge in [-0.2, -0.15) is 10.5 Å². The third kappa shape index (κ3) is 4.67. The van der Waals surface area contributed by atoms with Gasteiger partial charge in [-0.1, -0.05) is 33.1 Å². The first-order chi connectivity index (χ1) is 8.69. The van der Waals surface area contributed by atoms with Gasteiger partial charge in [0, 0.05) is 25.6 Å². The molecule has 2 unspecified atom stereocenters. The maximum absolute atomic E-state index is 9.35. The molecule has 0 aromatic rings. The fraction of sp³-hybridized carbons (Fsp3) is 0.867. The molecule has 0 saturated heterocycles. The molecule has 0 radical (unpaired) electrons. The van der Waals surface area contributed by atoms with E-state index in [1.807, 2.05) is 0 Å². The minimum absolute atomic E-state index is 0.157. The fourth-order valence-corrected chi connectivity index (χ4v) is 2.93. The highest BCUT2D eigenvalue weighted by Gasteiger charge is 2.28. The molecule has 0 aromatic heterocycles. The highest BCUT2D eigenvalue weighted by molar-refractivity contribution is 4.95. The first-order valence-electron chi connectivity index (χ1n) is 7.19. The van der Waals surface area contributed by atoms with Gasteiger partial charge < -0.3 is 0 Å². The summed E-state index contributed by atoms with van der Waals surface area (Å²) in [6.45, 7) is 6.23. The van der Waals surface area contributed by atoms with E-state index in [2.05, 4.69) is 30.9 Å². The molecule has 100 valence electrons. The molecule has 0 aliphatic heterocycles. The van der Waals surface area contributed by atoms with Crippen molar-refractivity contribution < 1.29 is 0 Å². The molecule has 0 aromatic carbocycles. The molecule has 0 spiro atoms. The van der Waals surface area contributed by atoms with Gasteiger partial charge in [-0.25, -0.2) is 0 Å². The summed E-state index contributed by atoms with van der Waals surface area (Å²) in [5.74, 6) is 0.747. The predicted molar refractivity (Wildman–Crippen MR) is 72.6 cm³/mol. The average molecular weight is 247 g/mol. The van der Waals surface area contributed by atoms with Gasteiger partial charge in [0.2, 0.25) is 0 Å². The molecule has 3 nitrogen and oxygen atoms in total. The molecule has 0 heterocycles. The third-order valence-electron chi connectivity index (χ3n) is 3.72. The standard InChI is InChI=1S/C15H25N3/c1-13(2)12-18(10-6-9-16)15-8-5-3-4-7-14(15)11-17/h13-15H,3-8,10,12H2,1-2H3. The largest absolute Gasteiger partial charge is 0.298 e. The van der Waals surface area contributed by atoms with Crippen molar-refractivity contribution in [2.75, 3.05) is 13.1 Å². The van der Waals surface area contributed by atoms with Gasteiger partial charge in [-0.15, -0.1) is 0 Å². The second-order valence-corrected chi connectivity index (χ2v) is 5.74. The lowest BCUT2D eigenvalue weighted by atomic mass is 9.94. The minimum Gasteiger partial charge on any atom is -0.298 e. The van der Waals surface area contributed by atoms with Crippen LogP contribution < -0.4 is 0 Å². The Morgan fingerprint density at radius 2 is 1.89 bits per heavy atom. The number of rotatable bonds is 5. The summed E-state index contributed by atoms with van der Waals surface area (Å²) in [5, 5.41) is 18.1. The third-order valence-corrected chi connectivity index (χ3v) is 3.72. The molecule has 18 heavy (non-hydrogen) atoms. The second-order valence-electron chi connectivity index (χ2n) is 5.74. The van der Waals surface area contributed by atoms with Crippen molar-refractivity contribution in [1.29, 1.82) is 10.5 Å². The first-order valence-corrected chi connectivity index (χ1v) is 7.19. The molecule has 1 rings (SSSR count). The molecule has 0 amide bonds. The van der Waals surface area contributed by atoms with E-state index in [9.17, 15) is 5.26 Å². The van der Waals surface area contributed by atoms with Crippen LogP contribution in [0, 0.1) is 34.5 Å². The van der Waals surface area contributed by atoms with E-state index >= 15 is 0 Å². The Morgan fingerprint density at radius 1 is 1.17 bits per heavy atom. The maximum atomic E-state index is 9.35. The van der Waals surface area contributed by atoms with Crippen LogP contribution in [-0.4, -0.2) is 24.0 Å². The van der Waals surface area contributed by atoms with E-state index in [0.29, 0.717) is 18.4 Å². The number of hydrogen-bond acceptors (Lipinski definition) is 3. The van der Waals surface area contributed by atoms with E-state index in [1.54, 1.807) is 0 Å². The van der Waals surface area contributed by atoms with Crippen LogP contribution in [-0.2, 0) is 0 Å². The monoisotopic (exact) mass is 247 g/mol. The SMILES string of the molecule is CC(C)CN(CCC#N)C1CCCCCC1C#N. The Hall–Kier alpha value is -1.06. The van der Waals surface area contributed by atoms with E-state index in [-0.39, 0.29) is 5.92 Å². The van der Waals surface area contributed by atoms with Crippen molar-refractivity contribution in [3.8, 4) is 12.1 Å². The van der Waals surface area contributed by atoms with Crippen molar-refractivity contribution in [3.63, 3.8) is 0 Å². The summed E-state index contributed by atoms with van der Waals surface area (Å²) < 4.78 is 0. The fourth-order valence-electron chi connectivity index (χ4n) is 2.93. The Bertz CT molecular complexity index is 311. The van der Waals surface area contributed by atoms with Gasteiger partial charge in [0.05, 0.1) is 18.1 Å². The number of hydrogen-bond donors (Lipinski definition) is 0. The summed E-state index contributed by atoms with van der Waals surface area (Å²) in [4.78, 5) is 2.40. The molecule has 1 aliphatic carbocycles. The minimum atomic E-state index is 0.157. The van der Waals surface area contributed by atoms with E-state index in [1.165, 1.54) is 19.3 Å². The highest BCUT2D eigenvalue weighted by atomic mass is 15.2. The molecule has 0 bridgehead atoms. The van der Waals surface area contributed by atoms with Crippen LogP contribution in [0.25, 0.3) is 0 Å². The van der Waals surface area contributed by atoms with E-state index in [0.717, 1.165) is 25.9 Å². The van der Waals surface area contributed by atoms with Crippen molar-refractivity contribution in [2.24, 2.45) is 11.8 Å². The van der Waals surface area contributed by atoms with Crippen molar-refractivity contribution in [3.05, 3.63) is 0 Å². The van der Waals surface area contributed by atoms with Crippen molar-refractivity contribution >= 4 is 0 Å². The van der Waals surface area contributed by atoms with Gasteiger partial charge in [0.15, 0.2) is 0 Å². The summed E-state index contributed by atoms with van der Waals surface area (Å²) in [7, 11) is 0. The summed E-state index contributed by atoms with van der Waals surface area (Å²) >= 11 is 0. The lowest BCUT2D eigenvalue weighted by Crippen LogP contribution is -2.42. The molecule has 2 atom stereocenters. The molecule has 0 N–H and O–H groups in total. The normalized spacial score (nSPS) is 24.6. The zero-order valence-electron chi connectivity index (χ0n) is 11.7. The van der Waals surface area contributed by atoms with Crippen molar-refractivity contribution in [1.82, 2.24) is 4.90 Å². The quantitative estimate of drug-likeness (QED) is 0.700. The Labute approximate surface area is 111 Å². The second kappa shape index (κ2) is 8.11. The topological polar surface area (TPSA) is 50.8 Å². The van der Waals surface area contributed by atoms with Gasteiger partial charge in [-0.05, 0) is 18.8 Å². The number of nitriles is 2. The molecule has 1 aliphatic rings. The number of nitrogens with zero attached hydrogens (tertiary/aromatic N) is 3. The van der Waals surface area contributed by atoms with Gasteiger partial charge in [-0.3, -0.25) is 4.90 Å². The van der Waals surface area contributed by atoms with Crippen molar-refractivity contribution in [2.45, 2.75) is 58.4 Å². The zero-order valence-corrected chi connectivity index (χ0v) is 11.7. The lowest BCUT2D eigenvalue weighted by Gasteiger charge is -2.34. The van der Waals surface area contributed by atoms with Crippen LogP contribution in [0.2, 0.25) is 0 Å². The first kappa shape index (κ1) is 15.0. The summed E-state index contributed by atoms with van der Waals surface area (Å²) in [6, 6.07) is 5.10. The van der Waals surface area contributed by atoms with Gasteiger partial charge in [0.25, 0.3) is 0 Å². The van der Waals surface area contributed by atoms with Crippen LogP contribution in [0.3, 0.4) is 0 Å². The van der Waals surface area contributed by atoms with E-state index in [4.69, 9.17) is 5.26 Å². The Kier molecular flexibility index (Phi) is 6.76. The smallest absolute Gasteiger partial charge is 0.0672 e. The molecule has 1 saturated carbocycles. The average Bonchev–Trinajstić information content (AvgIpc) is 2.58. The Balaban J connectivity index is 2.72. The Morgan fingerprint density at radius 3 is 2.50 bits per heavy atom. The molecular weight excluding hydrogens is 222 g/mol. The summed E-state index contributed by atoms with van der Waals surface area (Å²) in [6.07, 6.45) is 6.38. The predicted octanol–water partition coefficient (Wildman–Crippen LogP) is 3.33. The molecular formula is C15H25N3. The lowest BCUT2D eigenvalue weighted by molar-refractivity contribution is 0.140. The van der Waals surface area contributed by atoms with E-state index < -0.39 is 0 Å². The highest BCUT2D eigenvalue weighted by Crippen LogP contribution is 2.27. The zero-order chi connectivity index (χ0) is 13.4. The maximum Gasteiger partial charge on any atom is 0.0672 e. The molecule has 1 fully saturated rings. The molecule has 3 heteroatoms.